The number of halogens is 1. The molecule has 1 atom stereocenters. The number of fused-ring (bicyclic) bond motifs is 3. The maximum Gasteiger partial charge on any atom is 0.342 e. The van der Waals surface area contributed by atoms with Crippen molar-refractivity contribution in [3.8, 4) is 0 Å². The number of nitrogens with one attached hydrogen (secondary N) is 1. The lowest BCUT2D eigenvalue weighted by molar-refractivity contribution is 0.0689. The highest BCUT2D eigenvalue weighted by atomic mass is 32.2. The number of pyridine rings is 1. The number of piperazine rings is 1. The predicted molar refractivity (Wildman–Crippen MR) is 111 cm³/mol. The fourth-order valence-corrected chi connectivity index (χ4v) is 5.31. The Bertz CT molecular complexity index is 1190. The molecule has 3 aromatic rings. The summed E-state index contributed by atoms with van der Waals surface area (Å²) >= 11 is 1.35. The van der Waals surface area contributed by atoms with Crippen molar-refractivity contribution in [1.29, 1.82) is 0 Å². The standard InChI is InChI=1S/C21H18FN3O3S/c22-14-10-13-15(11-16(14)24-8-6-23-7-9-24)25-19(12-4-2-1-3-5-12)29-20(25)17(18(13)26)21(27)28/h1-5,10-11,19,23H,6-9H2,(H,27,28). The van der Waals surface area contributed by atoms with E-state index in [4.69, 9.17) is 0 Å². The van der Waals surface area contributed by atoms with Gasteiger partial charge in [0.1, 0.15) is 16.8 Å². The van der Waals surface area contributed by atoms with Crippen LogP contribution in [0.4, 0.5) is 10.1 Å². The molecular formula is C21H18FN3O3S. The Kier molecular flexibility index (Phi) is 4.33. The molecule has 6 nitrogen and oxygen atoms in total. The van der Waals surface area contributed by atoms with E-state index in [-0.39, 0.29) is 16.3 Å². The summed E-state index contributed by atoms with van der Waals surface area (Å²) in [5.74, 6) is -1.79. The van der Waals surface area contributed by atoms with Crippen molar-refractivity contribution < 1.29 is 14.3 Å². The number of rotatable bonds is 3. The monoisotopic (exact) mass is 411 g/mol. The molecule has 0 aliphatic carbocycles. The van der Waals surface area contributed by atoms with Gasteiger partial charge in [0.25, 0.3) is 0 Å². The number of nitrogens with zero attached hydrogens (tertiary/aromatic N) is 2. The molecular weight excluding hydrogens is 393 g/mol. The third kappa shape index (κ3) is 2.82. The smallest absolute Gasteiger partial charge is 0.342 e. The van der Waals surface area contributed by atoms with E-state index in [0.717, 1.165) is 18.7 Å². The van der Waals surface area contributed by atoms with Gasteiger partial charge in [0.15, 0.2) is 0 Å². The van der Waals surface area contributed by atoms with E-state index in [0.29, 0.717) is 29.3 Å². The van der Waals surface area contributed by atoms with Gasteiger partial charge in [0, 0.05) is 31.6 Å². The minimum Gasteiger partial charge on any atom is -0.477 e. The van der Waals surface area contributed by atoms with Gasteiger partial charge in [0.05, 0.1) is 16.2 Å². The first-order chi connectivity index (χ1) is 14.1. The van der Waals surface area contributed by atoms with E-state index in [1.807, 2.05) is 39.8 Å². The predicted octanol–water partition coefficient (Wildman–Crippen LogP) is 2.90. The summed E-state index contributed by atoms with van der Waals surface area (Å²) in [4.78, 5) is 26.6. The number of thioether (sulfide) groups is 1. The van der Waals surface area contributed by atoms with E-state index in [1.165, 1.54) is 17.8 Å². The molecule has 2 aliphatic rings. The maximum absolute atomic E-state index is 14.9. The van der Waals surface area contributed by atoms with E-state index in [2.05, 4.69) is 5.32 Å². The summed E-state index contributed by atoms with van der Waals surface area (Å²) in [6.45, 7) is 2.86. The lowest BCUT2D eigenvalue weighted by Gasteiger charge is -2.36. The fraction of sp³-hybridized carbons (Fsp3) is 0.238. The van der Waals surface area contributed by atoms with Gasteiger partial charge in [-0.1, -0.05) is 42.1 Å². The van der Waals surface area contributed by atoms with Crippen LogP contribution in [0, 0.1) is 5.82 Å². The molecule has 1 saturated heterocycles. The molecule has 3 heterocycles. The molecule has 0 radical (unpaired) electrons. The zero-order valence-electron chi connectivity index (χ0n) is 15.4. The van der Waals surface area contributed by atoms with E-state index < -0.39 is 17.2 Å². The third-order valence-electron chi connectivity index (χ3n) is 5.44. The number of carboxylic acids is 1. The molecule has 2 aliphatic heterocycles. The highest BCUT2D eigenvalue weighted by Gasteiger charge is 2.36. The van der Waals surface area contributed by atoms with Gasteiger partial charge in [-0.25, -0.2) is 9.18 Å². The molecule has 1 aromatic heterocycles. The molecule has 8 heteroatoms. The van der Waals surface area contributed by atoms with Gasteiger partial charge < -0.3 is 19.9 Å². The van der Waals surface area contributed by atoms with E-state index in [1.54, 1.807) is 6.07 Å². The highest BCUT2D eigenvalue weighted by molar-refractivity contribution is 8.00. The van der Waals surface area contributed by atoms with Crippen LogP contribution in [-0.2, 0) is 0 Å². The van der Waals surface area contributed by atoms with Crippen molar-refractivity contribution in [3.05, 3.63) is 69.6 Å². The third-order valence-corrected chi connectivity index (χ3v) is 6.77. The first kappa shape index (κ1) is 18.2. The summed E-state index contributed by atoms with van der Waals surface area (Å²) < 4.78 is 16.8. The van der Waals surface area contributed by atoms with Crippen LogP contribution in [0.25, 0.3) is 10.9 Å². The lowest BCUT2D eigenvalue weighted by Crippen LogP contribution is -2.44. The van der Waals surface area contributed by atoms with Crippen LogP contribution in [0.1, 0.15) is 21.3 Å². The summed E-state index contributed by atoms with van der Waals surface area (Å²) in [5, 5.41) is 13.2. The van der Waals surface area contributed by atoms with Gasteiger partial charge >= 0.3 is 5.97 Å². The summed E-state index contributed by atoms with van der Waals surface area (Å²) in [6.07, 6.45) is 0. The van der Waals surface area contributed by atoms with Crippen LogP contribution in [0.3, 0.4) is 0 Å². The lowest BCUT2D eigenvalue weighted by atomic mass is 10.1. The van der Waals surface area contributed by atoms with Gasteiger partial charge in [-0.05, 0) is 17.7 Å². The van der Waals surface area contributed by atoms with Crippen LogP contribution in [-0.4, -0.2) is 41.8 Å². The minimum atomic E-state index is -1.29. The quantitative estimate of drug-likeness (QED) is 0.690. The number of anilines is 1. The van der Waals surface area contributed by atoms with Crippen molar-refractivity contribution in [2.24, 2.45) is 0 Å². The molecule has 0 saturated carbocycles. The van der Waals surface area contributed by atoms with Crippen LogP contribution >= 0.6 is 11.8 Å². The molecule has 29 heavy (non-hydrogen) atoms. The van der Waals surface area contributed by atoms with Crippen LogP contribution < -0.4 is 15.6 Å². The molecule has 0 amide bonds. The number of hydrogen-bond acceptors (Lipinski definition) is 5. The largest absolute Gasteiger partial charge is 0.477 e. The van der Waals surface area contributed by atoms with Crippen molar-refractivity contribution in [3.63, 3.8) is 0 Å². The molecule has 2 N–H and O–H groups in total. The van der Waals surface area contributed by atoms with Gasteiger partial charge in [-0.3, -0.25) is 4.79 Å². The molecule has 1 fully saturated rings. The summed E-state index contributed by atoms with van der Waals surface area (Å²) in [7, 11) is 0. The van der Waals surface area contributed by atoms with Crippen LogP contribution in [0.5, 0.6) is 0 Å². The second-order valence-corrected chi connectivity index (χ2v) is 8.19. The molecule has 148 valence electrons. The number of hydrogen-bond donors (Lipinski definition) is 2. The average Bonchev–Trinajstić information content (AvgIpc) is 2.71. The number of aromatic carboxylic acids is 1. The zero-order valence-corrected chi connectivity index (χ0v) is 16.2. The Hall–Kier alpha value is -2.84. The Morgan fingerprint density at radius 1 is 1.17 bits per heavy atom. The van der Waals surface area contributed by atoms with Crippen molar-refractivity contribution in [2.45, 2.75) is 10.4 Å². The zero-order chi connectivity index (χ0) is 20.1. The Morgan fingerprint density at radius 2 is 1.90 bits per heavy atom. The van der Waals surface area contributed by atoms with Gasteiger partial charge in [0.2, 0.25) is 5.43 Å². The Morgan fingerprint density at radius 3 is 2.59 bits per heavy atom. The Labute approximate surface area is 169 Å². The molecule has 1 unspecified atom stereocenters. The summed E-state index contributed by atoms with van der Waals surface area (Å²) in [6, 6.07) is 12.6. The number of carbonyl (C=O) groups is 1. The normalized spacial score (nSPS) is 18.4. The number of aromatic nitrogens is 1. The Balaban J connectivity index is 1.77. The van der Waals surface area contributed by atoms with Crippen LogP contribution in [0.15, 0.2) is 52.3 Å². The first-order valence-corrected chi connectivity index (χ1v) is 10.3. The molecule has 5 rings (SSSR count). The number of carboxylic acid groups (broad SMARTS) is 1. The first-order valence-electron chi connectivity index (χ1n) is 9.38. The SMILES string of the molecule is O=C(O)c1c2n(c3cc(N4CCNCC4)c(F)cc3c1=O)C(c1ccccc1)S2. The number of benzene rings is 2. The second-order valence-electron chi connectivity index (χ2n) is 7.12. The minimum absolute atomic E-state index is 0.101. The van der Waals surface area contributed by atoms with Gasteiger partial charge in [-0.2, -0.15) is 0 Å². The fourth-order valence-electron chi connectivity index (χ4n) is 4.02. The van der Waals surface area contributed by atoms with Crippen LogP contribution in [0.2, 0.25) is 0 Å². The molecule has 0 spiro atoms. The van der Waals surface area contributed by atoms with Crippen molar-refractivity contribution in [1.82, 2.24) is 9.88 Å². The van der Waals surface area contributed by atoms with Gasteiger partial charge in [-0.15, -0.1) is 0 Å². The average molecular weight is 411 g/mol. The molecule has 2 aromatic carbocycles. The van der Waals surface area contributed by atoms with E-state index in [9.17, 15) is 19.1 Å². The summed E-state index contributed by atoms with van der Waals surface area (Å²) in [5.41, 5.74) is 1.09. The second kappa shape index (κ2) is 6.89. The van der Waals surface area contributed by atoms with Crippen molar-refractivity contribution in [2.75, 3.05) is 31.1 Å². The van der Waals surface area contributed by atoms with Crippen molar-refractivity contribution >= 4 is 34.3 Å². The maximum atomic E-state index is 14.9. The van der Waals surface area contributed by atoms with E-state index >= 15 is 0 Å². The molecule has 0 bridgehead atoms. The highest BCUT2D eigenvalue weighted by Crippen LogP contribution is 2.50. The topological polar surface area (TPSA) is 74.6 Å².